The average molecular weight is 118 g/mol. The van der Waals surface area contributed by atoms with Gasteiger partial charge in [0.1, 0.15) is 0 Å². The molecule has 1 nitrogen and oxygen atoms in total. The molecule has 4 heteroatoms. The van der Waals surface area contributed by atoms with Gasteiger partial charge in [-0.3, -0.25) is 0 Å². The molecular formula is C2H3CuLi2N. The Balaban J connectivity index is -0.000000000833. The summed E-state index contributed by atoms with van der Waals surface area (Å²) in [6.45, 7) is 4.75. The molecule has 0 atom stereocenters. The van der Waals surface area contributed by atoms with Crippen molar-refractivity contribution in [2.24, 2.45) is 0 Å². The minimum absolute atomic E-state index is 0. The van der Waals surface area contributed by atoms with Crippen LogP contribution in [0, 0.1) is 19.3 Å². The molecule has 0 aliphatic heterocycles. The van der Waals surface area contributed by atoms with Gasteiger partial charge in [0.15, 0.2) is 0 Å². The van der Waals surface area contributed by atoms with Gasteiger partial charge in [-0.15, -0.1) is 0 Å². The Bertz CT molecular complexity index is 16.3. The number of rotatable bonds is 0. The normalized spacial score (nSPS) is 0.333. The standard InChI is InChI=1S/CN.CH3.Cu.2Li/c1-2;;;;/h;1H3;;;/q2*-1;;2*+1. The van der Waals surface area contributed by atoms with Crippen LogP contribution in [-0.2, 0) is 17.1 Å². The van der Waals surface area contributed by atoms with E-state index in [0.29, 0.717) is 0 Å². The summed E-state index contributed by atoms with van der Waals surface area (Å²) in [5.74, 6) is 0. The first kappa shape index (κ1) is 57.1. The maximum Gasteiger partial charge on any atom is 1.00 e. The SMILES string of the molecule is [C-]#N.[CH3-].[Cu].[Li+].[Li+]. The van der Waals surface area contributed by atoms with E-state index in [0.717, 1.165) is 0 Å². The summed E-state index contributed by atoms with van der Waals surface area (Å²) in [6, 6.07) is 0. The molecule has 0 saturated heterocycles. The Kier molecular flexibility index (Phi) is 1100. The van der Waals surface area contributed by atoms with E-state index in [1.165, 1.54) is 0 Å². The average Bonchev–Trinajstić information content (AvgIpc) is 1.00. The first-order valence-corrected chi connectivity index (χ1v) is 0.224. The zero-order valence-corrected chi connectivity index (χ0v) is 5.19. The number of nitrogens with zero attached hydrogens (tertiary/aromatic N) is 1. The smallest absolute Gasteiger partial charge is 0.512 e. The van der Waals surface area contributed by atoms with Crippen LogP contribution in [0.2, 0.25) is 0 Å². The molecular weight excluding hydrogens is 115 g/mol. The zero-order chi connectivity index (χ0) is 2.00. The third-order valence-electron chi connectivity index (χ3n) is 0. The van der Waals surface area contributed by atoms with Crippen molar-refractivity contribution in [3.8, 4) is 0 Å². The Morgan fingerprint density at radius 2 is 1.00 bits per heavy atom. The molecule has 29 valence electrons. The molecule has 0 aromatic rings. The van der Waals surface area contributed by atoms with E-state index in [4.69, 9.17) is 11.8 Å². The second-order valence-corrected chi connectivity index (χ2v) is 0. The summed E-state index contributed by atoms with van der Waals surface area (Å²) < 4.78 is 0. The van der Waals surface area contributed by atoms with Crippen LogP contribution < -0.4 is 37.7 Å². The van der Waals surface area contributed by atoms with Crippen LogP contribution in [0.1, 0.15) is 0 Å². The third-order valence-corrected chi connectivity index (χ3v) is 0. The van der Waals surface area contributed by atoms with Crippen molar-refractivity contribution in [1.82, 2.24) is 0 Å². The molecule has 0 heterocycles. The van der Waals surface area contributed by atoms with Crippen LogP contribution in [0.5, 0.6) is 0 Å². The van der Waals surface area contributed by atoms with E-state index < -0.39 is 0 Å². The van der Waals surface area contributed by atoms with E-state index in [-0.39, 0.29) is 62.2 Å². The molecule has 0 aromatic heterocycles. The number of hydrogen-bond acceptors (Lipinski definition) is 1. The second kappa shape index (κ2) is 116. The minimum atomic E-state index is 0. The van der Waals surface area contributed by atoms with E-state index in [2.05, 4.69) is 0 Å². The van der Waals surface area contributed by atoms with Gasteiger partial charge in [-0.25, -0.2) is 0 Å². The summed E-state index contributed by atoms with van der Waals surface area (Å²) >= 11 is 0. The van der Waals surface area contributed by atoms with E-state index >= 15 is 0 Å². The van der Waals surface area contributed by atoms with Crippen LogP contribution in [0.3, 0.4) is 0 Å². The third kappa shape index (κ3) is 63.4. The van der Waals surface area contributed by atoms with Gasteiger partial charge in [-0.05, 0) is 0 Å². The van der Waals surface area contributed by atoms with Gasteiger partial charge in [-0.1, -0.05) is 0 Å². The Labute approximate surface area is 73.7 Å². The second-order valence-electron chi connectivity index (χ2n) is 0. The van der Waals surface area contributed by atoms with Crippen molar-refractivity contribution in [3.05, 3.63) is 14.0 Å². The van der Waals surface area contributed by atoms with Gasteiger partial charge < -0.3 is 19.3 Å². The zero-order valence-electron chi connectivity index (χ0n) is 4.25. The quantitative estimate of drug-likeness (QED) is 0.230. The molecule has 0 aromatic carbocycles. The van der Waals surface area contributed by atoms with Crippen LogP contribution in [-0.4, -0.2) is 0 Å². The van der Waals surface area contributed by atoms with E-state index in [1.54, 1.807) is 0 Å². The molecule has 0 N–H and O–H groups in total. The van der Waals surface area contributed by atoms with Crippen molar-refractivity contribution in [3.63, 3.8) is 0 Å². The topological polar surface area (TPSA) is 23.8 Å². The monoisotopic (exact) mass is 118 g/mol. The molecule has 0 aliphatic carbocycles. The molecule has 0 unspecified atom stereocenters. The molecule has 0 bridgehead atoms. The molecule has 0 saturated carbocycles. The van der Waals surface area contributed by atoms with Gasteiger partial charge in [0.25, 0.3) is 0 Å². The van der Waals surface area contributed by atoms with Gasteiger partial charge in [0.05, 0.1) is 0 Å². The molecule has 0 aliphatic rings. The minimum Gasteiger partial charge on any atom is -0.512 e. The summed E-state index contributed by atoms with van der Waals surface area (Å²) in [5.41, 5.74) is 0. The summed E-state index contributed by atoms with van der Waals surface area (Å²) in [6.07, 6.45) is 0. The molecule has 0 fully saturated rings. The van der Waals surface area contributed by atoms with Crippen LogP contribution in [0.4, 0.5) is 0 Å². The van der Waals surface area contributed by atoms with Crippen molar-refractivity contribution in [2.75, 3.05) is 0 Å². The van der Waals surface area contributed by atoms with Crippen molar-refractivity contribution in [2.45, 2.75) is 0 Å². The van der Waals surface area contributed by atoms with Crippen molar-refractivity contribution < 1.29 is 54.8 Å². The Morgan fingerprint density at radius 3 is 1.00 bits per heavy atom. The predicted molar refractivity (Wildman–Crippen MR) is 11.4 cm³/mol. The van der Waals surface area contributed by atoms with Crippen LogP contribution in [0.25, 0.3) is 0 Å². The Morgan fingerprint density at radius 1 is 1.00 bits per heavy atom. The van der Waals surface area contributed by atoms with Gasteiger partial charge >= 0.3 is 37.7 Å². The van der Waals surface area contributed by atoms with Crippen molar-refractivity contribution >= 4 is 0 Å². The molecule has 0 amide bonds. The Hall–Kier alpha value is 1.20. The molecule has 1 radical (unpaired) electrons. The number of hydrogen-bond donors (Lipinski definition) is 0. The largest absolute Gasteiger partial charge is 1.00 e. The molecule has 6 heavy (non-hydrogen) atoms. The maximum absolute atomic E-state index is 6.25. The first-order valence-electron chi connectivity index (χ1n) is 0.224. The fraction of sp³-hybridized carbons (Fsp3) is 0. The fourth-order valence-corrected chi connectivity index (χ4v) is 0. The van der Waals surface area contributed by atoms with Crippen molar-refractivity contribution in [1.29, 1.82) is 5.26 Å². The van der Waals surface area contributed by atoms with Crippen LogP contribution >= 0.6 is 0 Å². The van der Waals surface area contributed by atoms with E-state index in [9.17, 15) is 0 Å². The van der Waals surface area contributed by atoms with Gasteiger partial charge in [0.2, 0.25) is 0 Å². The van der Waals surface area contributed by atoms with Gasteiger partial charge in [-0.2, -0.15) is 0 Å². The maximum atomic E-state index is 6.25. The fourth-order valence-electron chi connectivity index (χ4n) is 0. The summed E-state index contributed by atoms with van der Waals surface area (Å²) in [4.78, 5) is 0. The van der Waals surface area contributed by atoms with Crippen LogP contribution in [0.15, 0.2) is 0 Å². The van der Waals surface area contributed by atoms with E-state index in [1.807, 2.05) is 0 Å². The predicted octanol–water partition coefficient (Wildman–Crippen LogP) is -5.45. The first-order chi connectivity index (χ1) is 1.00. The molecule has 0 rings (SSSR count). The summed E-state index contributed by atoms with van der Waals surface area (Å²) in [5, 5.41) is 6.25. The van der Waals surface area contributed by atoms with Gasteiger partial charge in [0, 0.05) is 17.1 Å². The summed E-state index contributed by atoms with van der Waals surface area (Å²) in [7, 11) is 0. The molecule has 0 spiro atoms.